The van der Waals surface area contributed by atoms with Crippen molar-refractivity contribution in [2.24, 2.45) is 0 Å². The molecule has 4 heterocycles. The van der Waals surface area contributed by atoms with Crippen molar-refractivity contribution in [1.29, 1.82) is 0 Å². The van der Waals surface area contributed by atoms with E-state index in [9.17, 15) is 18.0 Å². The number of fused-ring (bicyclic) bond motifs is 2. The second-order valence-corrected chi connectivity index (χ2v) is 11.9. The number of benzene rings is 2. The maximum atomic E-state index is 15.5. The molecule has 2 aliphatic heterocycles. The first-order valence-electron chi connectivity index (χ1n) is 14.8. The first-order chi connectivity index (χ1) is 20.6. The highest BCUT2D eigenvalue weighted by atomic mass is 19.4. The van der Waals surface area contributed by atoms with E-state index in [1.165, 1.54) is 11.6 Å². The van der Waals surface area contributed by atoms with Gasteiger partial charge in [-0.15, -0.1) is 0 Å². The summed E-state index contributed by atoms with van der Waals surface area (Å²) >= 11 is 0. The molecule has 11 heteroatoms. The number of rotatable bonds is 6. The Morgan fingerprint density at radius 3 is 2.63 bits per heavy atom. The van der Waals surface area contributed by atoms with Crippen LogP contribution in [0, 0.1) is 5.82 Å². The van der Waals surface area contributed by atoms with Gasteiger partial charge in [0.25, 0.3) is 5.91 Å². The predicted octanol–water partition coefficient (Wildman–Crippen LogP) is 5.90. The van der Waals surface area contributed by atoms with Crippen LogP contribution < -0.4 is 10.2 Å². The van der Waals surface area contributed by atoms with Gasteiger partial charge >= 0.3 is 6.18 Å². The maximum Gasteiger partial charge on any atom is 0.401 e. The topological polar surface area (TPSA) is 65.8 Å². The quantitative estimate of drug-likeness (QED) is 0.283. The van der Waals surface area contributed by atoms with Gasteiger partial charge in [0, 0.05) is 54.6 Å². The van der Waals surface area contributed by atoms with Gasteiger partial charge < -0.3 is 15.1 Å². The molecule has 7 nitrogen and oxygen atoms in total. The third-order valence-electron chi connectivity index (χ3n) is 8.90. The van der Waals surface area contributed by atoms with Crippen LogP contribution in [0.2, 0.25) is 0 Å². The number of halogens is 4. The predicted molar refractivity (Wildman–Crippen MR) is 155 cm³/mol. The molecular weight excluding hydrogens is 560 g/mol. The van der Waals surface area contributed by atoms with Gasteiger partial charge in [-0.25, -0.2) is 13.9 Å². The molecule has 43 heavy (non-hydrogen) atoms. The first-order valence-corrected chi connectivity index (χ1v) is 14.8. The molecule has 1 saturated carbocycles. The van der Waals surface area contributed by atoms with Gasteiger partial charge in [-0.05, 0) is 68.0 Å². The lowest BCUT2D eigenvalue weighted by molar-refractivity contribution is -0.125. The van der Waals surface area contributed by atoms with Gasteiger partial charge in [0.2, 0.25) is 0 Å². The number of alkyl halides is 3. The number of amides is 1. The van der Waals surface area contributed by atoms with Gasteiger partial charge in [0.05, 0.1) is 18.3 Å². The van der Waals surface area contributed by atoms with Crippen molar-refractivity contribution in [3.8, 4) is 11.3 Å². The summed E-state index contributed by atoms with van der Waals surface area (Å²) in [5.41, 5.74) is 5.50. The van der Waals surface area contributed by atoms with Crippen LogP contribution in [0.15, 0.2) is 54.6 Å². The zero-order valence-corrected chi connectivity index (χ0v) is 23.7. The number of hydrogen-bond donors (Lipinski definition) is 1. The molecule has 7 rings (SSSR count). The Labute approximate surface area is 246 Å². The number of nitrogens with zero attached hydrogens (tertiary/aromatic N) is 5. The standard InChI is InChI=1S/C32H32F4N6O/c1-19-24-5-3-2-4-20(24)10-13-41(19)31(43)28-15-29(21-6-7-21)42-30(38-28)16-27(39-42)25-9-8-23(14-26(25)33)40-12-11-22(17-40)37-18-32(34,35)36/h2-5,8-9,14-16,19,21-22,37H,6-7,10-13,17-18H2,1H3/t19-,22?/m1/s1. The molecule has 1 aliphatic carbocycles. The Kier molecular flexibility index (Phi) is 6.87. The summed E-state index contributed by atoms with van der Waals surface area (Å²) in [5, 5.41) is 7.25. The molecule has 1 N–H and O–H groups in total. The average Bonchev–Trinajstić information content (AvgIpc) is 3.56. The summed E-state index contributed by atoms with van der Waals surface area (Å²) in [6.45, 7) is 2.52. The molecule has 1 unspecified atom stereocenters. The number of anilines is 1. The van der Waals surface area contributed by atoms with Crippen LogP contribution >= 0.6 is 0 Å². The van der Waals surface area contributed by atoms with Crippen molar-refractivity contribution in [3.63, 3.8) is 0 Å². The molecule has 2 atom stereocenters. The van der Waals surface area contributed by atoms with Crippen molar-refractivity contribution in [1.82, 2.24) is 24.8 Å². The highest BCUT2D eigenvalue weighted by Gasteiger charge is 2.33. The summed E-state index contributed by atoms with van der Waals surface area (Å²) < 4.78 is 55.0. The largest absolute Gasteiger partial charge is 0.401 e. The Hall–Kier alpha value is -3.99. The molecule has 1 saturated heterocycles. The summed E-state index contributed by atoms with van der Waals surface area (Å²) in [6, 6.07) is 16.2. The number of carbonyl (C=O) groups excluding carboxylic acids is 1. The van der Waals surface area contributed by atoms with E-state index in [0.29, 0.717) is 54.3 Å². The van der Waals surface area contributed by atoms with Gasteiger partial charge in [-0.1, -0.05) is 24.3 Å². The normalized spacial score (nSPS) is 20.6. The molecule has 1 amide bonds. The number of aromatic nitrogens is 3. The number of carbonyl (C=O) groups is 1. The monoisotopic (exact) mass is 592 g/mol. The van der Waals surface area contributed by atoms with Crippen LogP contribution in [0.25, 0.3) is 16.9 Å². The third kappa shape index (κ3) is 5.46. The third-order valence-corrected chi connectivity index (χ3v) is 8.90. The second kappa shape index (κ2) is 10.6. The lowest BCUT2D eigenvalue weighted by atomic mass is 9.93. The molecule has 2 fully saturated rings. The van der Waals surface area contributed by atoms with Crippen LogP contribution in [-0.4, -0.2) is 63.8 Å². The number of hydrogen-bond acceptors (Lipinski definition) is 5. The summed E-state index contributed by atoms with van der Waals surface area (Å²) in [7, 11) is 0. The van der Waals surface area contributed by atoms with Gasteiger partial charge in [-0.3, -0.25) is 4.79 Å². The van der Waals surface area contributed by atoms with Crippen molar-refractivity contribution in [2.75, 3.05) is 31.1 Å². The van der Waals surface area contributed by atoms with Crippen molar-refractivity contribution >= 4 is 17.2 Å². The average molecular weight is 593 g/mol. The van der Waals surface area contributed by atoms with E-state index < -0.39 is 18.5 Å². The molecule has 0 spiro atoms. The highest BCUT2D eigenvalue weighted by molar-refractivity contribution is 5.93. The molecule has 4 aromatic rings. The Bertz CT molecular complexity index is 1700. The SMILES string of the molecule is C[C@@H]1c2ccccc2CCN1C(=O)c1cc(C2CC2)n2nc(-c3ccc(N4CCC(NCC(F)(F)F)C4)cc3F)cc2n1. The van der Waals surface area contributed by atoms with E-state index in [1.54, 1.807) is 22.7 Å². The van der Waals surface area contributed by atoms with E-state index in [4.69, 9.17) is 10.1 Å². The molecule has 224 valence electrons. The van der Waals surface area contributed by atoms with Crippen LogP contribution in [0.1, 0.15) is 65.5 Å². The molecule has 3 aliphatic rings. The maximum absolute atomic E-state index is 15.5. The molecule has 0 bridgehead atoms. The number of nitrogens with one attached hydrogen (secondary N) is 1. The van der Waals surface area contributed by atoms with Crippen molar-refractivity contribution in [2.45, 2.75) is 56.8 Å². The zero-order valence-electron chi connectivity index (χ0n) is 23.7. The minimum absolute atomic E-state index is 0.0701. The minimum atomic E-state index is -4.27. The van der Waals surface area contributed by atoms with Crippen LogP contribution in [0.3, 0.4) is 0 Å². The first kappa shape index (κ1) is 27.8. The van der Waals surface area contributed by atoms with Crippen molar-refractivity contribution < 1.29 is 22.4 Å². The summed E-state index contributed by atoms with van der Waals surface area (Å²) in [6.07, 6.45) is -0.945. The lowest BCUT2D eigenvalue weighted by Gasteiger charge is -2.35. The summed E-state index contributed by atoms with van der Waals surface area (Å²) in [5.74, 6) is -0.332. The second-order valence-electron chi connectivity index (χ2n) is 11.9. The summed E-state index contributed by atoms with van der Waals surface area (Å²) in [4.78, 5) is 22.2. The minimum Gasteiger partial charge on any atom is -0.370 e. The van der Waals surface area contributed by atoms with Crippen LogP contribution in [0.5, 0.6) is 0 Å². The van der Waals surface area contributed by atoms with E-state index in [2.05, 4.69) is 17.4 Å². The Balaban J connectivity index is 1.14. The van der Waals surface area contributed by atoms with Gasteiger partial charge in [0.15, 0.2) is 5.65 Å². The van der Waals surface area contributed by atoms with E-state index in [0.717, 1.165) is 30.5 Å². The van der Waals surface area contributed by atoms with E-state index >= 15 is 4.39 Å². The van der Waals surface area contributed by atoms with E-state index in [-0.39, 0.29) is 23.9 Å². The smallest absolute Gasteiger partial charge is 0.370 e. The highest BCUT2D eigenvalue weighted by Crippen LogP contribution is 2.41. The van der Waals surface area contributed by atoms with E-state index in [1.807, 2.05) is 34.9 Å². The lowest BCUT2D eigenvalue weighted by Crippen LogP contribution is -2.39. The molecule has 2 aromatic carbocycles. The fourth-order valence-corrected chi connectivity index (χ4v) is 6.44. The zero-order chi connectivity index (χ0) is 29.9. The Morgan fingerprint density at radius 1 is 1.05 bits per heavy atom. The Morgan fingerprint density at radius 2 is 1.86 bits per heavy atom. The van der Waals surface area contributed by atoms with Crippen LogP contribution in [-0.2, 0) is 6.42 Å². The fraction of sp³-hybridized carbons (Fsp3) is 0.406. The molecule has 2 aromatic heterocycles. The van der Waals surface area contributed by atoms with Gasteiger partial charge in [0.1, 0.15) is 11.5 Å². The fourth-order valence-electron chi connectivity index (χ4n) is 6.44. The molecule has 0 radical (unpaired) electrons. The van der Waals surface area contributed by atoms with Crippen LogP contribution in [0.4, 0.5) is 23.2 Å². The van der Waals surface area contributed by atoms with Gasteiger partial charge in [-0.2, -0.15) is 18.3 Å². The van der Waals surface area contributed by atoms with Crippen molar-refractivity contribution in [3.05, 3.63) is 82.9 Å². The molecular formula is C32H32F4N6O.